The summed E-state index contributed by atoms with van der Waals surface area (Å²) in [4.78, 5) is 13.3. The molecule has 0 atom stereocenters. The Hall–Kier alpha value is -1.94. The van der Waals surface area contributed by atoms with Gasteiger partial charge in [-0.3, -0.25) is 4.79 Å². The molecular weight excluding hydrogens is 473 g/mol. The molecule has 0 radical (unpaired) electrons. The van der Waals surface area contributed by atoms with Crippen LogP contribution >= 0.6 is 34.4 Å². The van der Waals surface area contributed by atoms with Gasteiger partial charge >= 0.3 is 0 Å². The van der Waals surface area contributed by atoms with Crippen LogP contribution in [-0.4, -0.2) is 11.1 Å². The highest BCUT2D eigenvalue weighted by Crippen LogP contribution is 2.28. The van der Waals surface area contributed by atoms with Gasteiger partial charge in [-0.1, -0.05) is 17.3 Å². The van der Waals surface area contributed by atoms with E-state index in [1.807, 2.05) is 19.1 Å². The first-order valence-electron chi connectivity index (χ1n) is 7.54. The third-order valence-corrected chi connectivity index (χ3v) is 5.55. The second kappa shape index (κ2) is 8.17. The number of nitrogens with one attached hydrogen (secondary N) is 1. The molecule has 0 saturated carbocycles. The van der Waals surface area contributed by atoms with Crippen molar-refractivity contribution in [2.75, 3.05) is 5.32 Å². The Morgan fingerprint density at radius 2 is 1.92 bits per heavy atom. The first kappa shape index (κ1) is 18.8. The number of halogens is 3. The second-order valence-corrected chi connectivity index (χ2v) is 7.52. The van der Waals surface area contributed by atoms with Gasteiger partial charge in [-0.2, -0.15) is 0 Å². The normalized spacial score (nSPS) is 10.8. The standard InChI is InChI=1S/C18H13F2IN2O2S/c1-10-6-12(25-23-10)9-26-16-5-3-2-4-13(16)18(24)22-11-7-14(19)17(21)15(20)8-11/h2-8H,9H2,1H3,(H,22,24). The van der Waals surface area contributed by atoms with Crippen molar-refractivity contribution < 1.29 is 18.1 Å². The van der Waals surface area contributed by atoms with Crippen LogP contribution in [0.3, 0.4) is 0 Å². The van der Waals surface area contributed by atoms with Crippen LogP contribution < -0.4 is 5.32 Å². The molecular formula is C18H13F2IN2O2S. The van der Waals surface area contributed by atoms with E-state index < -0.39 is 17.5 Å². The van der Waals surface area contributed by atoms with Gasteiger partial charge in [0.1, 0.15) is 17.4 Å². The topological polar surface area (TPSA) is 55.1 Å². The Balaban J connectivity index is 1.77. The van der Waals surface area contributed by atoms with Gasteiger partial charge in [0.15, 0.2) is 0 Å². The van der Waals surface area contributed by atoms with Gasteiger partial charge in [0.25, 0.3) is 5.91 Å². The fraction of sp³-hybridized carbons (Fsp3) is 0.111. The third kappa shape index (κ3) is 4.42. The molecule has 4 nitrogen and oxygen atoms in total. The van der Waals surface area contributed by atoms with Gasteiger partial charge in [-0.25, -0.2) is 8.78 Å². The molecule has 1 heterocycles. The van der Waals surface area contributed by atoms with E-state index in [-0.39, 0.29) is 9.26 Å². The zero-order valence-corrected chi connectivity index (χ0v) is 16.5. The zero-order valence-electron chi connectivity index (χ0n) is 13.6. The molecule has 2 aromatic carbocycles. The maximum atomic E-state index is 13.7. The van der Waals surface area contributed by atoms with Crippen molar-refractivity contribution in [2.24, 2.45) is 0 Å². The van der Waals surface area contributed by atoms with E-state index in [1.54, 1.807) is 40.8 Å². The van der Waals surface area contributed by atoms with Gasteiger partial charge in [0.2, 0.25) is 0 Å². The fourth-order valence-corrected chi connectivity index (χ4v) is 3.48. The van der Waals surface area contributed by atoms with Gasteiger partial charge in [-0.15, -0.1) is 11.8 Å². The van der Waals surface area contributed by atoms with Gasteiger partial charge in [0, 0.05) is 16.6 Å². The molecule has 0 spiro atoms. The van der Waals surface area contributed by atoms with Crippen molar-refractivity contribution in [3.63, 3.8) is 0 Å². The van der Waals surface area contributed by atoms with Gasteiger partial charge in [0.05, 0.1) is 20.6 Å². The summed E-state index contributed by atoms with van der Waals surface area (Å²) >= 11 is 2.99. The summed E-state index contributed by atoms with van der Waals surface area (Å²) in [6, 6.07) is 11.0. The lowest BCUT2D eigenvalue weighted by atomic mass is 10.2. The molecule has 0 fully saturated rings. The number of rotatable bonds is 5. The molecule has 26 heavy (non-hydrogen) atoms. The van der Waals surface area contributed by atoms with Crippen molar-refractivity contribution in [2.45, 2.75) is 17.6 Å². The van der Waals surface area contributed by atoms with Crippen LogP contribution in [0, 0.1) is 22.1 Å². The van der Waals surface area contributed by atoms with Crippen molar-refractivity contribution in [1.82, 2.24) is 5.16 Å². The van der Waals surface area contributed by atoms with E-state index in [1.165, 1.54) is 11.8 Å². The number of amides is 1. The molecule has 0 unspecified atom stereocenters. The summed E-state index contributed by atoms with van der Waals surface area (Å²) in [6.45, 7) is 1.83. The molecule has 134 valence electrons. The molecule has 1 N–H and O–H groups in total. The minimum absolute atomic E-state index is 0.0658. The minimum Gasteiger partial charge on any atom is -0.360 e. The van der Waals surface area contributed by atoms with Crippen LogP contribution in [0.25, 0.3) is 0 Å². The van der Waals surface area contributed by atoms with E-state index in [9.17, 15) is 13.6 Å². The summed E-state index contributed by atoms with van der Waals surface area (Å²) in [7, 11) is 0. The van der Waals surface area contributed by atoms with Crippen LogP contribution in [0.5, 0.6) is 0 Å². The molecule has 0 saturated heterocycles. The predicted molar refractivity (Wildman–Crippen MR) is 104 cm³/mol. The lowest BCUT2D eigenvalue weighted by Gasteiger charge is -2.10. The molecule has 3 rings (SSSR count). The Labute approximate surface area is 166 Å². The number of carbonyl (C=O) groups is 1. The monoisotopic (exact) mass is 486 g/mol. The van der Waals surface area contributed by atoms with Gasteiger partial charge < -0.3 is 9.84 Å². The van der Waals surface area contributed by atoms with Crippen LogP contribution in [0.4, 0.5) is 14.5 Å². The highest BCUT2D eigenvalue weighted by atomic mass is 127. The number of aromatic nitrogens is 1. The summed E-state index contributed by atoms with van der Waals surface area (Å²) < 4.78 is 32.4. The lowest BCUT2D eigenvalue weighted by molar-refractivity contribution is 0.102. The van der Waals surface area contributed by atoms with E-state index in [0.29, 0.717) is 17.1 Å². The first-order chi connectivity index (χ1) is 12.4. The summed E-state index contributed by atoms with van der Waals surface area (Å²) in [5.74, 6) is -0.669. The number of anilines is 1. The van der Waals surface area contributed by atoms with Crippen molar-refractivity contribution in [1.29, 1.82) is 0 Å². The van der Waals surface area contributed by atoms with Crippen LogP contribution in [0.15, 0.2) is 51.9 Å². The second-order valence-electron chi connectivity index (χ2n) is 5.43. The Bertz CT molecular complexity index is 939. The number of nitrogens with zero attached hydrogens (tertiary/aromatic N) is 1. The molecule has 1 amide bonds. The number of aryl methyl sites for hydroxylation is 1. The molecule has 0 aliphatic heterocycles. The average molecular weight is 486 g/mol. The maximum Gasteiger partial charge on any atom is 0.256 e. The van der Waals surface area contributed by atoms with Crippen molar-refractivity contribution in [3.05, 3.63) is 74.7 Å². The summed E-state index contributed by atoms with van der Waals surface area (Å²) in [5, 5.41) is 6.36. The molecule has 1 aromatic heterocycles. The largest absolute Gasteiger partial charge is 0.360 e. The summed E-state index contributed by atoms with van der Waals surface area (Å²) in [6.07, 6.45) is 0. The van der Waals surface area contributed by atoms with E-state index in [2.05, 4.69) is 10.5 Å². The van der Waals surface area contributed by atoms with E-state index in [0.717, 1.165) is 22.7 Å². The first-order valence-corrected chi connectivity index (χ1v) is 9.60. The SMILES string of the molecule is Cc1cc(CSc2ccccc2C(=O)Nc2cc(F)c(I)c(F)c2)on1. The third-order valence-electron chi connectivity index (χ3n) is 3.42. The number of hydrogen-bond donors (Lipinski definition) is 1. The quantitative estimate of drug-likeness (QED) is 0.298. The number of benzene rings is 2. The molecule has 0 bridgehead atoms. The highest BCUT2D eigenvalue weighted by Gasteiger charge is 2.15. The van der Waals surface area contributed by atoms with Crippen LogP contribution in [-0.2, 0) is 5.75 Å². The predicted octanol–water partition coefficient (Wildman–Crippen LogP) is 5.41. The fourth-order valence-electron chi connectivity index (χ4n) is 2.24. The number of hydrogen-bond acceptors (Lipinski definition) is 4. The number of thioether (sulfide) groups is 1. The molecule has 8 heteroatoms. The van der Waals surface area contributed by atoms with Gasteiger partial charge in [-0.05, 0) is 53.8 Å². The molecule has 0 aliphatic rings. The van der Waals surface area contributed by atoms with E-state index >= 15 is 0 Å². The van der Waals surface area contributed by atoms with Crippen molar-refractivity contribution >= 4 is 45.9 Å². The molecule has 0 aliphatic carbocycles. The Kier molecular flexibility index (Phi) is 5.92. The maximum absolute atomic E-state index is 13.7. The average Bonchev–Trinajstić information content (AvgIpc) is 3.03. The zero-order chi connectivity index (χ0) is 18.7. The van der Waals surface area contributed by atoms with E-state index in [4.69, 9.17) is 4.52 Å². The summed E-state index contributed by atoms with van der Waals surface area (Å²) in [5.41, 5.74) is 1.26. The smallest absolute Gasteiger partial charge is 0.256 e. The highest BCUT2D eigenvalue weighted by molar-refractivity contribution is 14.1. The number of carbonyl (C=O) groups excluding carboxylic acids is 1. The Morgan fingerprint density at radius 1 is 1.23 bits per heavy atom. The Morgan fingerprint density at radius 3 is 2.58 bits per heavy atom. The minimum atomic E-state index is -0.718. The van der Waals surface area contributed by atoms with Crippen molar-refractivity contribution in [3.8, 4) is 0 Å². The van der Waals surface area contributed by atoms with Crippen LogP contribution in [0.2, 0.25) is 0 Å². The lowest BCUT2D eigenvalue weighted by Crippen LogP contribution is -2.13. The van der Waals surface area contributed by atoms with Crippen LogP contribution in [0.1, 0.15) is 21.8 Å². The molecule has 3 aromatic rings.